The van der Waals surface area contributed by atoms with Gasteiger partial charge in [0, 0.05) is 13.5 Å². The molecule has 0 amide bonds. The number of ether oxygens (including phenoxy) is 1. The van der Waals surface area contributed by atoms with Crippen molar-refractivity contribution in [3.05, 3.63) is 11.6 Å². The van der Waals surface area contributed by atoms with E-state index in [-0.39, 0.29) is 11.9 Å². The maximum Gasteiger partial charge on any atom is 0.316 e. The summed E-state index contributed by atoms with van der Waals surface area (Å²) < 4.78 is 6.74. The predicted molar refractivity (Wildman–Crippen MR) is 71.7 cm³/mol. The molecule has 5 heteroatoms. The average molecular weight is 265 g/mol. The molecular weight excluding hydrogens is 242 g/mol. The van der Waals surface area contributed by atoms with Crippen LogP contribution >= 0.6 is 0 Å². The second kappa shape index (κ2) is 6.17. The van der Waals surface area contributed by atoms with Crippen molar-refractivity contribution in [2.45, 2.75) is 51.4 Å². The van der Waals surface area contributed by atoms with E-state index in [4.69, 9.17) is 4.74 Å². The number of aromatic nitrogens is 3. The molecule has 0 aromatic carbocycles. The van der Waals surface area contributed by atoms with Crippen LogP contribution in [0.25, 0.3) is 0 Å². The Morgan fingerprint density at radius 2 is 2.16 bits per heavy atom. The average Bonchev–Trinajstić information content (AvgIpc) is 3.01. The fourth-order valence-corrected chi connectivity index (χ4v) is 2.98. The van der Waals surface area contributed by atoms with Crippen molar-refractivity contribution in [1.82, 2.24) is 14.8 Å². The van der Waals surface area contributed by atoms with Crippen molar-refractivity contribution < 1.29 is 9.53 Å². The van der Waals surface area contributed by atoms with Crippen LogP contribution in [0.2, 0.25) is 0 Å². The maximum absolute atomic E-state index is 12.1. The van der Waals surface area contributed by atoms with Crippen molar-refractivity contribution in [3.63, 3.8) is 0 Å². The minimum absolute atomic E-state index is 0.176. The standard InChI is InChI=1S/C14H23N3O2/c1-4-7-11-15-13(17(2)16-11)12(14(18)19-3)10-8-5-6-9-10/h10,12H,4-9H2,1-3H3. The lowest BCUT2D eigenvalue weighted by Gasteiger charge is -2.19. The highest BCUT2D eigenvalue weighted by atomic mass is 16.5. The highest BCUT2D eigenvalue weighted by Crippen LogP contribution is 2.37. The van der Waals surface area contributed by atoms with E-state index in [0.29, 0.717) is 5.92 Å². The molecule has 2 rings (SSSR count). The van der Waals surface area contributed by atoms with Crippen LogP contribution in [0.4, 0.5) is 0 Å². The highest BCUT2D eigenvalue weighted by molar-refractivity contribution is 5.77. The molecule has 1 heterocycles. The van der Waals surface area contributed by atoms with E-state index in [9.17, 15) is 4.79 Å². The summed E-state index contributed by atoms with van der Waals surface area (Å²) in [6, 6.07) is 0. The number of nitrogens with zero attached hydrogens (tertiary/aromatic N) is 3. The van der Waals surface area contributed by atoms with E-state index in [1.165, 1.54) is 20.0 Å². The third kappa shape index (κ3) is 2.96. The molecule has 1 aliphatic carbocycles. The van der Waals surface area contributed by atoms with Gasteiger partial charge >= 0.3 is 5.97 Å². The molecule has 0 aliphatic heterocycles. The number of hydrogen-bond donors (Lipinski definition) is 0. The normalized spacial score (nSPS) is 17.6. The maximum atomic E-state index is 12.1. The molecule has 1 aliphatic rings. The Labute approximate surface area is 114 Å². The number of methoxy groups -OCH3 is 1. The van der Waals surface area contributed by atoms with Gasteiger partial charge in [-0.3, -0.25) is 9.48 Å². The number of rotatable bonds is 5. The van der Waals surface area contributed by atoms with Gasteiger partial charge in [0.05, 0.1) is 7.11 Å². The predicted octanol–water partition coefficient (Wildman–Crippen LogP) is 2.21. The number of aryl methyl sites for hydroxylation is 2. The lowest BCUT2D eigenvalue weighted by Crippen LogP contribution is -2.24. The van der Waals surface area contributed by atoms with Crippen molar-refractivity contribution >= 4 is 5.97 Å². The molecule has 0 N–H and O–H groups in total. The van der Waals surface area contributed by atoms with E-state index in [1.807, 2.05) is 7.05 Å². The van der Waals surface area contributed by atoms with Crippen molar-refractivity contribution in [2.75, 3.05) is 7.11 Å². The molecule has 106 valence electrons. The second-order valence-corrected chi connectivity index (χ2v) is 5.31. The Hall–Kier alpha value is -1.39. The van der Waals surface area contributed by atoms with Crippen LogP contribution < -0.4 is 0 Å². The first-order chi connectivity index (χ1) is 9.17. The first-order valence-corrected chi connectivity index (χ1v) is 7.15. The molecule has 1 fully saturated rings. The number of carbonyl (C=O) groups excluding carboxylic acids is 1. The van der Waals surface area contributed by atoms with Gasteiger partial charge < -0.3 is 4.74 Å². The molecule has 0 bridgehead atoms. The van der Waals surface area contributed by atoms with Gasteiger partial charge in [-0.25, -0.2) is 4.98 Å². The number of esters is 1. The van der Waals surface area contributed by atoms with E-state index >= 15 is 0 Å². The monoisotopic (exact) mass is 265 g/mol. The first kappa shape index (κ1) is 14.0. The van der Waals surface area contributed by atoms with Gasteiger partial charge in [0.25, 0.3) is 0 Å². The summed E-state index contributed by atoms with van der Waals surface area (Å²) in [6.07, 6.45) is 6.41. The SMILES string of the molecule is CCCc1nc(C(C(=O)OC)C2CCCC2)n(C)n1. The lowest BCUT2D eigenvalue weighted by molar-refractivity contribution is -0.144. The van der Waals surface area contributed by atoms with Gasteiger partial charge in [0.15, 0.2) is 5.82 Å². The van der Waals surface area contributed by atoms with Gasteiger partial charge in [0.1, 0.15) is 11.7 Å². The third-order valence-corrected chi connectivity index (χ3v) is 3.92. The van der Waals surface area contributed by atoms with Gasteiger partial charge in [-0.15, -0.1) is 0 Å². The molecule has 1 aromatic rings. The minimum atomic E-state index is -0.254. The van der Waals surface area contributed by atoms with E-state index < -0.39 is 0 Å². The summed E-state index contributed by atoms with van der Waals surface area (Å²) in [5.74, 6) is 1.51. The lowest BCUT2D eigenvalue weighted by atomic mass is 9.90. The quantitative estimate of drug-likeness (QED) is 0.766. The third-order valence-electron chi connectivity index (χ3n) is 3.92. The summed E-state index contributed by atoms with van der Waals surface area (Å²) in [5.41, 5.74) is 0. The van der Waals surface area contributed by atoms with Crippen LogP contribution in [0, 0.1) is 5.92 Å². The van der Waals surface area contributed by atoms with Crippen LogP contribution in [0.1, 0.15) is 56.6 Å². The topological polar surface area (TPSA) is 57.0 Å². The molecule has 19 heavy (non-hydrogen) atoms. The van der Waals surface area contributed by atoms with Crippen LogP contribution in [-0.2, 0) is 23.0 Å². The molecule has 1 atom stereocenters. The molecule has 1 aromatic heterocycles. The summed E-state index contributed by atoms with van der Waals surface area (Å²) in [5, 5.41) is 4.41. The fourth-order valence-electron chi connectivity index (χ4n) is 2.98. The van der Waals surface area contributed by atoms with Gasteiger partial charge in [-0.2, -0.15) is 5.10 Å². The Morgan fingerprint density at radius 3 is 2.74 bits per heavy atom. The Bertz CT molecular complexity index is 436. The molecule has 5 nitrogen and oxygen atoms in total. The zero-order valence-electron chi connectivity index (χ0n) is 12.1. The van der Waals surface area contributed by atoms with Crippen LogP contribution in [0.3, 0.4) is 0 Å². The number of hydrogen-bond acceptors (Lipinski definition) is 4. The summed E-state index contributed by atoms with van der Waals surface area (Å²) >= 11 is 0. The van der Waals surface area contributed by atoms with E-state index in [1.54, 1.807) is 4.68 Å². The molecule has 1 saturated carbocycles. The zero-order chi connectivity index (χ0) is 13.8. The summed E-state index contributed by atoms with van der Waals surface area (Å²) in [6.45, 7) is 2.10. The van der Waals surface area contributed by atoms with Crippen molar-refractivity contribution in [2.24, 2.45) is 13.0 Å². The molecule has 0 radical (unpaired) electrons. The fraction of sp³-hybridized carbons (Fsp3) is 0.786. The first-order valence-electron chi connectivity index (χ1n) is 7.15. The second-order valence-electron chi connectivity index (χ2n) is 5.31. The van der Waals surface area contributed by atoms with Gasteiger partial charge in [-0.05, 0) is 25.2 Å². The van der Waals surface area contributed by atoms with E-state index in [2.05, 4.69) is 17.0 Å². The Kier molecular flexibility index (Phi) is 4.56. The van der Waals surface area contributed by atoms with Gasteiger partial charge in [-0.1, -0.05) is 19.8 Å². The van der Waals surface area contributed by atoms with Crippen molar-refractivity contribution in [1.29, 1.82) is 0 Å². The van der Waals surface area contributed by atoms with Crippen LogP contribution in [-0.4, -0.2) is 27.8 Å². The number of carbonyl (C=O) groups is 1. The molecule has 0 spiro atoms. The summed E-state index contributed by atoms with van der Waals surface area (Å²) in [4.78, 5) is 16.7. The highest BCUT2D eigenvalue weighted by Gasteiger charge is 2.36. The minimum Gasteiger partial charge on any atom is -0.468 e. The summed E-state index contributed by atoms with van der Waals surface area (Å²) in [7, 11) is 3.32. The Morgan fingerprint density at radius 1 is 1.47 bits per heavy atom. The van der Waals surface area contributed by atoms with Gasteiger partial charge in [0.2, 0.25) is 0 Å². The largest absolute Gasteiger partial charge is 0.468 e. The molecular formula is C14H23N3O2. The Balaban J connectivity index is 2.28. The zero-order valence-corrected chi connectivity index (χ0v) is 12.1. The van der Waals surface area contributed by atoms with E-state index in [0.717, 1.165) is 37.3 Å². The molecule has 0 saturated heterocycles. The smallest absolute Gasteiger partial charge is 0.316 e. The van der Waals surface area contributed by atoms with Crippen LogP contribution in [0.15, 0.2) is 0 Å². The van der Waals surface area contributed by atoms with Crippen LogP contribution in [0.5, 0.6) is 0 Å². The molecule has 1 unspecified atom stereocenters. The van der Waals surface area contributed by atoms with Crippen molar-refractivity contribution in [3.8, 4) is 0 Å².